The molecule has 3 nitrogen and oxygen atoms in total. The summed E-state index contributed by atoms with van der Waals surface area (Å²) < 4.78 is 1.98. The average molecular weight is 426 g/mol. The van der Waals surface area contributed by atoms with Crippen LogP contribution in [0.3, 0.4) is 0 Å². The van der Waals surface area contributed by atoms with Gasteiger partial charge in [-0.05, 0) is 12.1 Å². The molecular formula is C15H12IrN3-. The Balaban J connectivity index is 0.00000133. The van der Waals surface area contributed by atoms with Crippen LogP contribution in [0.1, 0.15) is 0 Å². The van der Waals surface area contributed by atoms with Crippen LogP contribution in [0.2, 0.25) is 0 Å². The van der Waals surface area contributed by atoms with Crippen molar-refractivity contribution in [3.05, 3.63) is 61.1 Å². The minimum absolute atomic E-state index is 0. The van der Waals surface area contributed by atoms with Gasteiger partial charge in [0.1, 0.15) is 0 Å². The average Bonchev–Trinajstić information content (AvgIpc) is 2.86. The number of nitrogens with zero attached hydrogens (tertiary/aromatic N) is 3. The van der Waals surface area contributed by atoms with Gasteiger partial charge < -0.3 is 4.57 Å². The van der Waals surface area contributed by atoms with Gasteiger partial charge >= 0.3 is 0 Å². The predicted octanol–water partition coefficient (Wildman–Crippen LogP) is 2.95. The number of pyridine rings is 1. The minimum atomic E-state index is 0. The second-order valence-electron chi connectivity index (χ2n) is 4.07. The van der Waals surface area contributed by atoms with E-state index in [2.05, 4.69) is 22.1 Å². The van der Waals surface area contributed by atoms with E-state index in [9.17, 15) is 0 Å². The molecule has 3 aromatic rings. The topological polar surface area (TPSA) is 30.7 Å². The number of imidazole rings is 1. The van der Waals surface area contributed by atoms with Crippen molar-refractivity contribution < 1.29 is 20.1 Å². The molecule has 0 bridgehead atoms. The second kappa shape index (κ2) is 5.91. The fraction of sp³-hybridized carbons (Fsp3) is 0.0667. The molecule has 0 aliphatic rings. The molecule has 1 radical (unpaired) electrons. The Bertz CT molecular complexity index is 662. The van der Waals surface area contributed by atoms with Crippen molar-refractivity contribution in [2.75, 3.05) is 0 Å². The molecule has 97 valence electrons. The molecule has 0 unspecified atom stereocenters. The van der Waals surface area contributed by atoms with Gasteiger partial charge in [0.25, 0.3) is 0 Å². The fourth-order valence-corrected chi connectivity index (χ4v) is 1.91. The van der Waals surface area contributed by atoms with Crippen molar-refractivity contribution in [2.45, 2.75) is 0 Å². The Labute approximate surface area is 125 Å². The van der Waals surface area contributed by atoms with Crippen molar-refractivity contribution >= 4 is 0 Å². The van der Waals surface area contributed by atoms with E-state index in [4.69, 9.17) is 0 Å². The molecule has 0 amide bonds. The van der Waals surface area contributed by atoms with Gasteiger partial charge in [0.05, 0.1) is 11.5 Å². The number of hydrogen-bond acceptors (Lipinski definition) is 2. The molecule has 0 aliphatic heterocycles. The van der Waals surface area contributed by atoms with Crippen LogP contribution in [0, 0.1) is 6.07 Å². The summed E-state index contributed by atoms with van der Waals surface area (Å²) in [6.07, 6.45) is 5.51. The van der Waals surface area contributed by atoms with Gasteiger partial charge in [0, 0.05) is 45.7 Å². The van der Waals surface area contributed by atoms with Gasteiger partial charge in [0.2, 0.25) is 0 Å². The van der Waals surface area contributed by atoms with Gasteiger partial charge in [-0.15, -0.1) is 29.8 Å². The summed E-state index contributed by atoms with van der Waals surface area (Å²) in [5, 5.41) is 0. The monoisotopic (exact) mass is 427 g/mol. The van der Waals surface area contributed by atoms with E-state index in [-0.39, 0.29) is 20.1 Å². The van der Waals surface area contributed by atoms with Crippen LogP contribution >= 0.6 is 0 Å². The predicted molar refractivity (Wildman–Crippen MR) is 70.7 cm³/mol. The first-order valence-corrected chi connectivity index (χ1v) is 5.75. The zero-order chi connectivity index (χ0) is 12.4. The Hall–Kier alpha value is -1.77. The summed E-state index contributed by atoms with van der Waals surface area (Å²) in [6, 6.07) is 15.1. The maximum Gasteiger partial charge on any atom is 0.0556 e. The van der Waals surface area contributed by atoms with E-state index >= 15 is 0 Å². The van der Waals surface area contributed by atoms with E-state index in [1.54, 1.807) is 12.4 Å². The first-order chi connectivity index (χ1) is 8.84. The molecular weight excluding hydrogens is 414 g/mol. The molecule has 0 spiro atoms. The molecule has 0 fully saturated rings. The first-order valence-electron chi connectivity index (χ1n) is 5.75. The number of aromatic nitrogens is 3. The van der Waals surface area contributed by atoms with Crippen LogP contribution in [0.4, 0.5) is 0 Å². The molecule has 0 saturated heterocycles. The standard InChI is InChI=1S/C15H12N3.Ir/c1-18-10-9-17-15(18)13-6-4-5-12(11-13)14-7-2-3-8-16-14;/h2-5,7-11H,1H3;/q-1;. The summed E-state index contributed by atoms with van der Waals surface area (Å²) in [6.45, 7) is 0. The zero-order valence-electron chi connectivity index (χ0n) is 10.4. The van der Waals surface area contributed by atoms with E-state index in [0.29, 0.717) is 0 Å². The fourth-order valence-electron chi connectivity index (χ4n) is 1.91. The van der Waals surface area contributed by atoms with Crippen molar-refractivity contribution in [2.24, 2.45) is 7.05 Å². The smallest absolute Gasteiger partial charge is 0.0556 e. The zero-order valence-corrected chi connectivity index (χ0v) is 12.8. The van der Waals surface area contributed by atoms with Crippen LogP contribution in [-0.4, -0.2) is 14.5 Å². The molecule has 4 heteroatoms. The van der Waals surface area contributed by atoms with Gasteiger partial charge in [-0.3, -0.25) is 9.97 Å². The number of rotatable bonds is 2. The summed E-state index contributed by atoms with van der Waals surface area (Å²) in [5.74, 6) is 0.910. The van der Waals surface area contributed by atoms with Crippen LogP contribution in [0.5, 0.6) is 0 Å². The van der Waals surface area contributed by atoms with Crippen LogP contribution in [0.15, 0.2) is 55.0 Å². The third-order valence-electron chi connectivity index (χ3n) is 2.82. The first kappa shape index (κ1) is 13.7. The molecule has 3 rings (SSSR count). The van der Waals surface area contributed by atoms with E-state index in [1.807, 2.05) is 48.1 Å². The number of hydrogen-bond donors (Lipinski definition) is 0. The Morgan fingerprint density at radius 2 is 2.00 bits per heavy atom. The van der Waals surface area contributed by atoms with Crippen LogP contribution < -0.4 is 0 Å². The van der Waals surface area contributed by atoms with Gasteiger partial charge in [0.15, 0.2) is 0 Å². The second-order valence-corrected chi connectivity index (χ2v) is 4.07. The number of benzene rings is 1. The van der Waals surface area contributed by atoms with Gasteiger partial charge in [-0.25, -0.2) is 0 Å². The molecule has 19 heavy (non-hydrogen) atoms. The largest absolute Gasteiger partial charge is 0.373 e. The summed E-state index contributed by atoms with van der Waals surface area (Å²) in [5.41, 5.74) is 3.01. The minimum Gasteiger partial charge on any atom is -0.373 e. The van der Waals surface area contributed by atoms with Crippen LogP contribution in [0.25, 0.3) is 22.6 Å². The Morgan fingerprint density at radius 1 is 1.11 bits per heavy atom. The third-order valence-corrected chi connectivity index (χ3v) is 2.82. The van der Waals surface area contributed by atoms with Crippen molar-refractivity contribution in [3.63, 3.8) is 0 Å². The van der Waals surface area contributed by atoms with Crippen molar-refractivity contribution in [3.8, 4) is 22.6 Å². The Morgan fingerprint density at radius 3 is 2.68 bits per heavy atom. The van der Waals surface area contributed by atoms with Gasteiger partial charge in [-0.2, -0.15) is 0 Å². The molecule has 2 heterocycles. The van der Waals surface area contributed by atoms with Crippen LogP contribution in [-0.2, 0) is 27.2 Å². The molecule has 0 saturated carbocycles. The quantitative estimate of drug-likeness (QED) is 0.590. The van der Waals surface area contributed by atoms with Crippen molar-refractivity contribution in [1.29, 1.82) is 0 Å². The maximum atomic E-state index is 4.35. The molecule has 1 aromatic carbocycles. The molecule has 0 aliphatic carbocycles. The molecule has 0 atom stereocenters. The summed E-state index contributed by atoms with van der Waals surface area (Å²) in [4.78, 5) is 8.68. The van der Waals surface area contributed by atoms with E-state index in [1.165, 1.54) is 0 Å². The molecule has 0 N–H and O–H groups in total. The SMILES string of the molecule is Cn1ccnc1-c1[c-]ccc(-c2ccccn2)c1.[Ir]. The van der Waals surface area contributed by atoms with E-state index < -0.39 is 0 Å². The number of aryl methyl sites for hydroxylation is 1. The maximum absolute atomic E-state index is 4.35. The Kier molecular flexibility index (Phi) is 4.25. The summed E-state index contributed by atoms with van der Waals surface area (Å²) in [7, 11) is 1.98. The third kappa shape index (κ3) is 2.80. The van der Waals surface area contributed by atoms with E-state index in [0.717, 1.165) is 22.6 Å². The van der Waals surface area contributed by atoms with Crippen molar-refractivity contribution in [1.82, 2.24) is 14.5 Å². The normalized spacial score (nSPS) is 9.95. The van der Waals surface area contributed by atoms with Gasteiger partial charge in [-0.1, -0.05) is 11.6 Å². The summed E-state index contributed by atoms with van der Waals surface area (Å²) >= 11 is 0. The molecule has 2 aromatic heterocycles.